The van der Waals surface area contributed by atoms with E-state index in [0.29, 0.717) is 5.69 Å². The normalized spacial score (nSPS) is 12.7. The summed E-state index contributed by atoms with van der Waals surface area (Å²) in [7, 11) is 0. The molecule has 1 aromatic carbocycles. The quantitative estimate of drug-likeness (QED) is 0.622. The van der Waals surface area contributed by atoms with Gasteiger partial charge in [-0.25, -0.2) is 14.4 Å². The Morgan fingerprint density at radius 2 is 1.91 bits per heavy atom. The lowest BCUT2D eigenvalue weighted by atomic mass is 9.92. The van der Waals surface area contributed by atoms with Gasteiger partial charge >= 0.3 is 5.97 Å². The summed E-state index contributed by atoms with van der Waals surface area (Å²) < 4.78 is 18.5. The minimum atomic E-state index is -0.576. The van der Waals surface area contributed by atoms with Crippen LogP contribution in [0.25, 0.3) is 0 Å². The van der Waals surface area contributed by atoms with E-state index in [9.17, 15) is 9.18 Å². The molecular weight excluding hydrogens is 319 g/mol. The monoisotopic (exact) mass is 336 g/mol. The van der Waals surface area contributed by atoms with Crippen molar-refractivity contribution in [2.45, 2.75) is 38.7 Å². The second-order valence-corrected chi connectivity index (χ2v) is 6.48. The van der Waals surface area contributed by atoms with Crippen LogP contribution in [-0.4, -0.2) is 21.5 Å². The van der Waals surface area contributed by atoms with Crippen molar-refractivity contribution >= 4 is 17.6 Å². The number of rotatable bonds is 4. The highest BCUT2D eigenvalue weighted by Gasteiger charge is 2.24. The molecule has 0 aliphatic rings. The zero-order chi connectivity index (χ0) is 17.0. The third-order valence-corrected chi connectivity index (χ3v) is 3.25. The van der Waals surface area contributed by atoms with Gasteiger partial charge in [0.2, 0.25) is 5.28 Å². The van der Waals surface area contributed by atoms with Crippen molar-refractivity contribution in [3.63, 3.8) is 0 Å². The molecule has 0 saturated heterocycles. The van der Waals surface area contributed by atoms with Crippen LogP contribution in [0.4, 0.5) is 4.39 Å². The van der Waals surface area contributed by atoms with Crippen molar-refractivity contribution in [3.05, 3.63) is 58.9 Å². The van der Waals surface area contributed by atoms with E-state index in [4.69, 9.17) is 16.3 Å². The Balaban J connectivity index is 2.32. The van der Waals surface area contributed by atoms with Gasteiger partial charge in [-0.15, -0.1) is 0 Å². The molecule has 1 heterocycles. The summed E-state index contributed by atoms with van der Waals surface area (Å²) in [5.74, 6) is -1.09. The summed E-state index contributed by atoms with van der Waals surface area (Å²) in [5, 5.41) is 0.0961. The topological polar surface area (TPSA) is 52.1 Å². The van der Waals surface area contributed by atoms with Crippen molar-refractivity contribution in [1.29, 1.82) is 0 Å². The van der Waals surface area contributed by atoms with Gasteiger partial charge in [0.25, 0.3) is 0 Å². The number of hydrogen-bond donors (Lipinski definition) is 0. The van der Waals surface area contributed by atoms with E-state index in [2.05, 4.69) is 9.97 Å². The van der Waals surface area contributed by atoms with Gasteiger partial charge in [-0.1, -0.05) is 12.1 Å². The van der Waals surface area contributed by atoms with Gasteiger partial charge in [0.15, 0.2) is 0 Å². The zero-order valence-electron chi connectivity index (χ0n) is 13.2. The number of nitrogens with zero attached hydrogens (tertiary/aromatic N) is 2. The minimum Gasteiger partial charge on any atom is -0.460 e. The first kappa shape index (κ1) is 17.3. The molecule has 0 amide bonds. The van der Waals surface area contributed by atoms with Crippen molar-refractivity contribution in [3.8, 4) is 0 Å². The van der Waals surface area contributed by atoms with E-state index < -0.39 is 5.60 Å². The Kier molecular flexibility index (Phi) is 5.31. The maximum atomic E-state index is 13.2. The van der Waals surface area contributed by atoms with Crippen LogP contribution in [0.1, 0.15) is 44.4 Å². The van der Waals surface area contributed by atoms with Crippen molar-refractivity contribution < 1.29 is 13.9 Å². The van der Waals surface area contributed by atoms with Crippen molar-refractivity contribution in [1.82, 2.24) is 9.97 Å². The molecule has 0 spiro atoms. The Labute approximate surface area is 139 Å². The molecule has 1 aromatic heterocycles. The predicted octanol–water partition coefficient (Wildman–Crippen LogP) is 4.13. The van der Waals surface area contributed by atoms with Crippen molar-refractivity contribution in [2.75, 3.05) is 0 Å². The van der Waals surface area contributed by atoms with Crippen LogP contribution < -0.4 is 0 Å². The average molecular weight is 337 g/mol. The Morgan fingerprint density at radius 3 is 2.48 bits per heavy atom. The summed E-state index contributed by atoms with van der Waals surface area (Å²) >= 11 is 5.85. The first-order valence-electron chi connectivity index (χ1n) is 7.20. The second kappa shape index (κ2) is 7.04. The first-order valence-corrected chi connectivity index (χ1v) is 7.58. The number of benzene rings is 1. The summed E-state index contributed by atoms with van der Waals surface area (Å²) in [5.41, 5.74) is 0.766. The number of hydrogen-bond acceptors (Lipinski definition) is 4. The smallest absolute Gasteiger partial charge is 0.307 e. The highest BCUT2D eigenvalue weighted by atomic mass is 35.5. The molecule has 2 rings (SSSR count). The summed E-state index contributed by atoms with van der Waals surface area (Å²) in [6.45, 7) is 5.41. The summed E-state index contributed by atoms with van der Waals surface area (Å²) in [4.78, 5) is 20.2. The van der Waals surface area contributed by atoms with Gasteiger partial charge in [0.05, 0.1) is 12.1 Å². The van der Waals surface area contributed by atoms with Crippen LogP contribution in [0.5, 0.6) is 0 Å². The molecule has 0 fully saturated rings. The predicted molar refractivity (Wildman–Crippen MR) is 85.7 cm³/mol. The third-order valence-electron chi connectivity index (χ3n) is 3.07. The summed E-state index contributed by atoms with van der Waals surface area (Å²) in [6.07, 6.45) is 1.60. The highest BCUT2D eigenvalue weighted by Crippen LogP contribution is 2.28. The van der Waals surface area contributed by atoms with Crippen molar-refractivity contribution in [2.24, 2.45) is 0 Å². The number of halogens is 2. The van der Waals surface area contributed by atoms with Crippen LogP contribution in [0.3, 0.4) is 0 Å². The van der Waals surface area contributed by atoms with Gasteiger partial charge in [0, 0.05) is 12.1 Å². The Hall–Kier alpha value is -2.01. The zero-order valence-corrected chi connectivity index (χ0v) is 14.0. The van der Waals surface area contributed by atoms with Crippen LogP contribution in [0.15, 0.2) is 36.5 Å². The molecule has 0 N–H and O–H groups in total. The molecule has 0 saturated carbocycles. The van der Waals surface area contributed by atoms with Gasteiger partial charge < -0.3 is 4.74 Å². The molecule has 23 heavy (non-hydrogen) atoms. The van der Waals surface area contributed by atoms with Crippen LogP contribution in [-0.2, 0) is 9.53 Å². The number of carbonyl (C=O) groups excluding carboxylic acids is 1. The lowest BCUT2D eigenvalue weighted by molar-refractivity contribution is -0.155. The van der Waals surface area contributed by atoms with E-state index in [1.807, 2.05) is 0 Å². The fourth-order valence-electron chi connectivity index (χ4n) is 2.18. The standard InChI is InChI=1S/C17H18ClFN2O2/c1-17(2,3)23-15(22)10-13(11-4-6-12(19)7-5-11)14-8-9-20-16(18)21-14/h4-9,13H,10H2,1-3H3. The lowest BCUT2D eigenvalue weighted by Gasteiger charge is -2.22. The Bertz CT molecular complexity index is 684. The van der Waals surface area contributed by atoms with Gasteiger partial charge in [-0.3, -0.25) is 4.79 Å². The summed E-state index contributed by atoms with van der Waals surface area (Å²) in [6, 6.07) is 7.63. The average Bonchev–Trinajstić information content (AvgIpc) is 2.44. The third kappa shape index (κ3) is 5.28. The van der Waals surface area contributed by atoms with E-state index in [1.54, 1.807) is 39.0 Å². The number of ether oxygens (including phenoxy) is 1. The lowest BCUT2D eigenvalue weighted by Crippen LogP contribution is -2.25. The van der Waals surface area contributed by atoms with Gasteiger partial charge in [-0.05, 0) is 56.1 Å². The van der Waals surface area contributed by atoms with Crippen LogP contribution in [0, 0.1) is 5.82 Å². The Morgan fingerprint density at radius 1 is 1.26 bits per heavy atom. The molecule has 6 heteroatoms. The molecule has 0 bridgehead atoms. The number of aromatic nitrogens is 2. The van der Waals surface area contributed by atoms with Crippen LogP contribution >= 0.6 is 11.6 Å². The second-order valence-electron chi connectivity index (χ2n) is 6.15. The fraction of sp³-hybridized carbons (Fsp3) is 0.353. The molecule has 122 valence electrons. The molecule has 1 atom stereocenters. The largest absolute Gasteiger partial charge is 0.460 e. The highest BCUT2D eigenvalue weighted by molar-refractivity contribution is 6.28. The van der Waals surface area contributed by atoms with Gasteiger partial charge in [0.1, 0.15) is 11.4 Å². The van der Waals surface area contributed by atoms with E-state index >= 15 is 0 Å². The SMILES string of the molecule is CC(C)(C)OC(=O)CC(c1ccc(F)cc1)c1ccnc(Cl)n1. The van der Waals surface area contributed by atoms with E-state index in [0.717, 1.165) is 5.56 Å². The van der Waals surface area contributed by atoms with Crippen LogP contribution in [0.2, 0.25) is 5.28 Å². The minimum absolute atomic E-state index is 0.0796. The maximum absolute atomic E-state index is 13.2. The maximum Gasteiger partial charge on any atom is 0.307 e. The number of carbonyl (C=O) groups is 1. The fourth-order valence-corrected chi connectivity index (χ4v) is 2.33. The molecular formula is C17H18ClFN2O2. The molecule has 0 aliphatic carbocycles. The van der Waals surface area contributed by atoms with Gasteiger partial charge in [-0.2, -0.15) is 0 Å². The number of esters is 1. The van der Waals surface area contributed by atoms with E-state index in [-0.39, 0.29) is 29.4 Å². The molecule has 4 nitrogen and oxygen atoms in total. The molecule has 0 aliphatic heterocycles. The first-order chi connectivity index (χ1) is 10.7. The molecule has 1 unspecified atom stereocenters. The molecule has 2 aromatic rings. The molecule has 0 radical (unpaired) electrons. The van der Waals surface area contributed by atoms with E-state index in [1.165, 1.54) is 18.3 Å².